The summed E-state index contributed by atoms with van der Waals surface area (Å²) in [6.07, 6.45) is 0. The molecule has 0 bridgehead atoms. The Morgan fingerprint density at radius 3 is 2.59 bits per heavy atom. The SMILES string of the molecule is CN1CCN(Cc2cc(F)cc(C#N)c2)CC1. The van der Waals surface area contributed by atoms with Gasteiger partial charge in [0.05, 0.1) is 11.6 Å². The van der Waals surface area contributed by atoms with Crippen molar-refractivity contribution in [3.05, 3.63) is 35.1 Å². The summed E-state index contributed by atoms with van der Waals surface area (Å²) < 4.78 is 13.3. The first-order valence-electron chi connectivity index (χ1n) is 5.78. The Labute approximate surface area is 101 Å². The van der Waals surface area contributed by atoms with Gasteiger partial charge in [0.25, 0.3) is 0 Å². The number of piperazine rings is 1. The van der Waals surface area contributed by atoms with Gasteiger partial charge in [0.1, 0.15) is 5.82 Å². The van der Waals surface area contributed by atoms with Gasteiger partial charge in [-0.2, -0.15) is 5.26 Å². The van der Waals surface area contributed by atoms with Crippen molar-refractivity contribution < 1.29 is 4.39 Å². The lowest BCUT2D eigenvalue weighted by atomic mass is 10.1. The zero-order valence-electron chi connectivity index (χ0n) is 9.99. The molecule has 0 radical (unpaired) electrons. The summed E-state index contributed by atoms with van der Waals surface area (Å²) in [6, 6.07) is 6.54. The summed E-state index contributed by atoms with van der Waals surface area (Å²) in [5.41, 5.74) is 1.28. The summed E-state index contributed by atoms with van der Waals surface area (Å²) >= 11 is 0. The quantitative estimate of drug-likeness (QED) is 0.774. The van der Waals surface area contributed by atoms with Crippen molar-refractivity contribution in [1.82, 2.24) is 9.80 Å². The van der Waals surface area contributed by atoms with Gasteiger partial charge in [-0.05, 0) is 30.8 Å². The van der Waals surface area contributed by atoms with Crippen LogP contribution in [0, 0.1) is 17.1 Å². The highest BCUT2D eigenvalue weighted by Gasteiger charge is 2.14. The van der Waals surface area contributed by atoms with Crippen LogP contribution in [0.4, 0.5) is 4.39 Å². The molecule has 4 heteroatoms. The van der Waals surface area contributed by atoms with Gasteiger partial charge in [0.15, 0.2) is 0 Å². The molecule has 1 aromatic carbocycles. The van der Waals surface area contributed by atoms with E-state index in [0.717, 1.165) is 38.3 Å². The van der Waals surface area contributed by atoms with E-state index >= 15 is 0 Å². The molecule has 1 aliphatic heterocycles. The summed E-state index contributed by atoms with van der Waals surface area (Å²) in [6.45, 7) is 4.80. The monoisotopic (exact) mass is 233 g/mol. The highest BCUT2D eigenvalue weighted by Crippen LogP contribution is 2.12. The van der Waals surface area contributed by atoms with Gasteiger partial charge in [-0.3, -0.25) is 4.90 Å². The fraction of sp³-hybridized carbons (Fsp3) is 0.462. The van der Waals surface area contributed by atoms with Crippen LogP contribution >= 0.6 is 0 Å². The maximum atomic E-state index is 13.3. The molecule has 1 saturated heterocycles. The van der Waals surface area contributed by atoms with Crippen LogP contribution in [0.2, 0.25) is 0 Å². The van der Waals surface area contributed by atoms with E-state index in [-0.39, 0.29) is 5.82 Å². The van der Waals surface area contributed by atoms with Crippen LogP contribution in [0.5, 0.6) is 0 Å². The summed E-state index contributed by atoms with van der Waals surface area (Å²) in [5, 5.41) is 8.79. The number of benzene rings is 1. The first-order valence-corrected chi connectivity index (χ1v) is 5.78. The molecule has 0 atom stereocenters. The molecule has 0 unspecified atom stereocenters. The molecule has 0 aromatic heterocycles. The Bertz CT molecular complexity index is 431. The maximum absolute atomic E-state index is 13.3. The minimum atomic E-state index is -0.326. The molecule has 1 fully saturated rings. The van der Waals surface area contributed by atoms with Gasteiger partial charge in [-0.1, -0.05) is 0 Å². The molecule has 0 spiro atoms. The molecule has 1 heterocycles. The third-order valence-corrected chi connectivity index (χ3v) is 3.09. The van der Waals surface area contributed by atoms with Gasteiger partial charge in [-0.25, -0.2) is 4.39 Å². The topological polar surface area (TPSA) is 30.3 Å². The van der Waals surface area contributed by atoms with Gasteiger partial charge in [0.2, 0.25) is 0 Å². The van der Waals surface area contributed by atoms with E-state index in [1.165, 1.54) is 12.1 Å². The van der Waals surface area contributed by atoms with E-state index in [2.05, 4.69) is 16.8 Å². The molecule has 0 amide bonds. The Morgan fingerprint density at radius 2 is 1.94 bits per heavy atom. The van der Waals surface area contributed by atoms with Gasteiger partial charge in [-0.15, -0.1) is 0 Å². The lowest BCUT2D eigenvalue weighted by Crippen LogP contribution is -2.43. The predicted molar refractivity (Wildman–Crippen MR) is 63.9 cm³/mol. The van der Waals surface area contributed by atoms with Crippen LogP contribution in [-0.2, 0) is 6.54 Å². The molecule has 0 N–H and O–H groups in total. The number of nitrogens with zero attached hydrogens (tertiary/aromatic N) is 3. The molecular formula is C13H16FN3. The molecule has 90 valence electrons. The average Bonchev–Trinajstić information content (AvgIpc) is 2.31. The summed E-state index contributed by atoms with van der Waals surface area (Å²) in [7, 11) is 2.10. The second kappa shape index (κ2) is 5.26. The van der Waals surface area contributed by atoms with Crippen LogP contribution < -0.4 is 0 Å². The number of hydrogen-bond acceptors (Lipinski definition) is 3. The molecule has 2 rings (SSSR count). The third kappa shape index (κ3) is 3.26. The zero-order chi connectivity index (χ0) is 12.3. The van der Waals surface area contributed by atoms with Crippen molar-refractivity contribution >= 4 is 0 Å². The highest BCUT2D eigenvalue weighted by atomic mass is 19.1. The normalized spacial score (nSPS) is 17.9. The average molecular weight is 233 g/mol. The van der Waals surface area contributed by atoms with Crippen LogP contribution in [-0.4, -0.2) is 43.0 Å². The van der Waals surface area contributed by atoms with Crippen molar-refractivity contribution in [2.75, 3.05) is 33.2 Å². The zero-order valence-corrected chi connectivity index (χ0v) is 9.99. The van der Waals surface area contributed by atoms with E-state index < -0.39 is 0 Å². The van der Waals surface area contributed by atoms with Gasteiger partial charge < -0.3 is 4.90 Å². The second-order valence-corrected chi connectivity index (χ2v) is 4.54. The fourth-order valence-electron chi connectivity index (χ4n) is 2.07. The van der Waals surface area contributed by atoms with Crippen molar-refractivity contribution in [2.24, 2.45) is 0 Å². The Morgan fingerprint density at radius 1 is 1.24 bits per heavy atom. The van der Waals surface area contributed by atoms with E-state index in [9.17, 15) is 4.39 Å². The molecule has 3 nitrogen and oxygen atoms in total. The van der Waals surface area contributed by atoms with Crippen molar-refractivity contribution in [3.8, 4) is 6.07 Å². The van der Waals surface area contributed by atoms with Crippen molar-refractivity contribution in [1.29, 1.82) is 5.26 Å². The molecule has 17 heavy (non-hydrogen) atoms. The molecule has 0 aliphatic carbocycles. The van der Waals surface area contributed by atoms with Gasteiger partial charge in [0, 0.05) is 32.7 Å². The van der Waals surface area contributed by atoms with E-state index in [1.807, 2.05) is 6.07 Å². The minimum absolute atomic E-state index is 0.326. The summed E-state index contributed by atoms with van der Waals surface area (Å²) in [4.78, 5) is 4.57. The number of nitriles is 1. The number of halogens is 1. The van der Waals surface area contributed by atoms with E-state index in [4.69, 9.17) is 5.26 Å². The second-order valence-electron chi connectivity index (χ2n) is 4.54. The minimum Gasteiger partial charge on any atom is -0.304 e. The Kier molecular flexibility index (Phi) is 3.72. The number of hydrogen-bond donors (Lipinski definition) is 0. The molecule has 1 aromatic rings. The Balaban J connectivity index is 2.03. The number of rotatable bonds is 2. The largest absolute Gasteiger partial charge is 0.304 e. The first-order chi connectivity index (χ1) is 8.17. The lowest BCUT2D eigenvalue weighted by Gasteiger charge is -2.32. The smallest absolute Gasteiger partial charge is 0.124 e. The number of likely N-dealkylation sites (N-methyl/N-ethyl adjacent to an activating group) is 1. The first kappa shape index (κ1) is 12.0. The lowest BCUT2D eigenvalue weighted by molar-refractivity contribution is 0.148. The van der Waals surface area contributed by atoms with Crippen LogP contribution in [0.15, 0.2) is 18.2 Å². The van der Waals surface area contributed by atoms with E-state index in [1.54, 1.807) is 6.07 Å². The third-order valence-electron chi connectivity index (χ3n) is 3.09. The van der Waals surface area contributed by atoms with Crippen LogP contribution in [0.25, 0.3) is 0 Å². The predicted octanol–water partition coefficient (Wildman–Crippen LogP) is 1.44. The standard InChI is InChI=1S/C13H16FN3/c1-16-2-4-17(5-3-16)10-12-6-11(9-15)7-13(14)8-12/h6-8H,2-5,10H2,1H3. The molecular weight excluding hydrogens is 217 g/mol. The van der Waals surface area contributed by atoms with Gasteiger partial charge >= 0.3 is 0 Å². The van der Waals surface area contributed by atoms with Crippen LogP contribution in [0.3, 0.4) is 0 Å². The van der Waals surface area contributed by atoms with Crippen molar-refractivity contribution in [3.63, 3.8) is 0 Å². The fourth-order valence-corrected chi connectivity index (χ4v) is 2.07. The van der Waals surface area contributed by atoms with E-state index in [0.29, 0.717) is 5.56 Å². The summed E-state index contributed by atoms with van der Waals surface area (Å²) in [5.74, 6) is -0.326. The van der Waals surface area contributed by atoms with Crippen LogP contribution in [0.1, 0.15) is 11.1 Å². The maximum Gasteiger partial charge on any atom is 0.124 e. The Hall–Kier alpha value is -1.44. The van der Waals surface area contributed by atoms with Crippen molar-refractivity contribution in [2.45, 2.75) is 6.54 Å². The molecule has 1 aliphatic rings. The highest BCUT2D eigenvalue weighted by molar-refractivity contribution is 5.33. The molecule has 0 saturated carbocycles.